The van der Waals surface area contributed by atoms with Crippen molar-refractivity contribution in [1.82, 2.24) is 0 Å². The summed E-state index contributed by atoms with van der Waals surface area (Å²) in [5.41, 5.74) is 7.49. The molecule has 2 aliphatic carbocycles. The third-order valence-corrected chi connectivity index (χ3v) is 7.23. The molecule has 166 valence electrons. The second-order valence-corrected chi connectivity index (χ2v) is 9.33. The molecule has 0 aliphatic heterocycles. The second-order valence-electron chi connectivity index (χ2n) is 9.33. The maximum Gasteiger partial charge on any atom is 0.303 e. The fourth-order valence-electron chi connectivity index (χ4n) is 5.38. The molecule has 5 rings (SSSR count). The molecule has 3 heteroatoms. The predicted molar refractivity (Wildman–Crippen MR) is 131 cm³/mol. The Morgan fingerprint density at radius 2 is 1.52 bits per heavy atom. The molecule has 0 saturated heterocycles. The Labute approximate surface area is 194 Å². The number of ketones is 1. The number of aliphatic carboxylic acids is 1. The predicted octanol–water partition coefficient (Wildman–Crippen LogP) is 6.92. The minimum atomic E-state index is -0.677. The van der Waals surface area contributed by atoms with Gasteiger partial charge in [-0.1, -0.05) is 78.9 Å². The first-order valence-electron chi connectivity index (χ1n) is 11.8. The van der Waals surface area contributed by atoms with Gasteiger partial charge < -0.3 is 5.11 Å². The molecule has 0 unspecified atom stereocenters. The van der Waals surface area contributed by atoms with Gasteiger partial charge in [-0.2, -0.15) is 0 Å². The molecule has 0 amide bonds. The number of Topliss-reactive ketones (excluding diaryl/α,β-unsaturated/α-hetero) is 1. The van der Waals surface area contributed by atoms with Gasteiger partial charge in [-0.3, -0.25) is 9.59 Å². The zero-order valence-corrected chi connectivity index (χ0v) is 18.7. The van der Waals surface area contributed by atoms with Crippen LogP contribution in [0.25, 0.3) is 16.7 Å². The van der Waals surface area contributed by atoms with Gasteiger partial charge in [-0.25, -0.2) is 0 Å². The summed E-state index contributed by atoms with van der Waals surface area (Å²) in [4.78, 5) is 23.9. The zero-order chi connectivity index (χ0) is 22.8. The summed E-state index contributed by atoms with van der Waals surface area (Å²) in [7, 11) is 0. The molecule has 0 spiro atoms. The molecule has 0 heterocycles. The highest BCUT2D eigenvalue weighted by molar-refractivity contribution is 6.30. The SMILES string of the molecule is O=C(O)CC1CCC(c2ccc(-c3ccc4c(c3)CC=C4C(=O)c3ccccc3)cc2)CC1. The third-order valence-electron chi connectivity index (χ3n) is 7.23. The van der Waals surface area contributed by atoms with Crippen molar-refractivity contribution in [3.05, 3.63) is 101 Å². The lowest BCUT2D eigenvalue weighted by atomic mass is 9.77. The van der Waals surface area contributed by atoms with Crippen LogP contribution in [0.2, 0.25) is 0 Å². The average molecular weight is 437 g/mol. The number of carboxylic acid groups (broad SMARTS) is 1. The average Bonchev–Trinajstić information content (AvgIpc) is 3.28. The molecule has 1 fully saturated rings. The van der Waals surface area contributed by atoms with Crippen LogP contribution in [0.5, 0.6) is 0 Å². The maximum atomic E-state index is 12.9. The maximum absolute atomic E-state index is 12.9. The monoisotopic (exact) mass is 436 g/mol. The standard InChI is InChI=1S/C30H28O3/c31-29(32)18-20-6-8-21(9-7-20)22-10-12-23(13-11-22)25-14-16-27-26(19-25)15-17-28(27)30(33)24-4-2-1-3-5-24/h1-5,10-14,16-17,19-21H,6-9,15,18H2,(H,31,32). The Morgan fingerprint density at radius 3 is 2.21 bits per heavy atom. The molecule has 0 atom stereocenters. The molecule has 1 N–H and O–H groups in total. The van der Waals surface area contributed by atoms with Gasteiger partial charge in [-0.05, 0) is 71.8 Å². The van der Waals surface area contributed by atoms with E-state index in [1.165, 1.54) is 22.3 Å². The summed E-state index contributed by atoms with van der Waals surface area (Å²) in [5.74, 6) is 0.269. The van der Waals surface area contributed by atoms with Crippen molar-refractivity contribution in [2.75, 3.05) is 0 Å². The Hall–Kier alpha value is -3.46. The smallest absolute Gasteiger partial charge is 0.303 e. The van der Waals surface area contributed by atoms with Crippen LogP contribution in [0.3, 0.4) is 0 Å². The normalized spacial score (nSPS) is 19.6. The largest absolute Gasteiger partial charge is 0.481 e. The fraction of sp³-hybridized carbons (Fsp3) is 0.267. The number of rotatable bonds is 6. The van der Waals surface area contributed by atoms with Gasteiger partial charge in [0.25, 0.3) is 0 Å². The molecular formula is C30H28O3. The number of allylic oxidation sites excluding steroid dienone is 2. The first-order valence-corrected chi connectivity index (χ1v) is 11.8. The molecule has 3 nitrogen and oxygen atoms in total. The molecule has 3 aromatic rings. The van der Waals surface area contributed by atoms with E-state index in [1.807, 2.05) is 36.4 Å². The summed E-state index contributed by atoms with van der Waals surface area (Å²) in [6, 6.07) is 24.7. The van der Waals surface area contributed by atoms with Crippen molar-refractivity contribution in [3.63, 3.8) is 0 Å². The van der Waals surface area contributed by atoms with Crippen LogP contribution >= 0.6 is 0 Å². The summed E-state index contributed by atoms with van der Waals surface area (Å²) in [6.07, 6.45) is 7.28. The van der Waals surface area contributed by atoms with E-state index in [4.69, 9.17) is 5.11 Å². The quantitative estimate of drug-likeness (QED) is 0.427. The van der Waals surface area contributed by atoms with E-state index in [1.54, 1.807) is 0 Å². The van der Waals surface area contributed by atoms with E-state index in [-0.39, 0.29) is 5.78 Å². The van der Waals surface area contributed by atoms with Crippen LogP contribution in [0.4, 0.5) is 0 Å². The van der Waals surface area contributed by atoms with Gasteiger partial charge in [0, 0.05) is 17.6 Å². The van der Waals surface area contributed by atoms with Crippen LogP contribution in [-0.4, -0.2) is 16.9 Å². The molecule has 2 aliphatic rings. The molecule has 1 saturated carbocycles. The van der Waals surface area contributed by atoms with Gasteiger partial charge in [0.15, 0.2) is 5.78 Å². The van der Waals surface area contributed by atoms with Crippen molar-refractivity contribution < 1.29 is 14.7 Å². The van der Waals surface area contributed by atoms with Crippen molar-refractivity contribution in [2.45, 2.75) is 44.4 Å². The van der Waals surface area contributed by atoms with E-state index < -0.39 is 5.97 Å². The highest BCUT2D eigenvalue weighted by Crippen LogP contribution is 2.38. The number of carbonyl (C=O) groups is 2. The molecule has 3 aromatic carbocycles. The Kier molecular flexibility index (Phi) is 5.95. The number of hydrogen-bond donors (Lipinski definition) is 1. The summed E-state index contributed by atoms with van der Waals surface area (Å²) < 4.78 is 0. The molecule has 0 aromatic heterocycles. The summed E-state index contributed by atoms with van der Waals surface area (Å²) >= 11 is 0. The second kappa shape index (κ2) is 9.19. The van der Waals surface area contributed by atoms with Crippen molar-refractivity contribution in [2.24, 2.45) is 5.92 Å². The summed E-state index contributed by atoms with van der Waals surface area (Å²) in [5, 5.41) is 9.02. The first-order chi connectivity index (χ1) is 16.1. The van der Waals surface area contributed by atoms with E-state index >= 15 is 0 Å². The molecule has 0 bridgehead atoms. The lowest BCUT2D eigenvalue weighted by Crippen LogP contribution is -2.16. The van der Waals surface area contributed by atoms with E-state index in [0.717, 1.165) is 48.8 Å². The highest BCUT2D eigenvalue weighted by atomic mass is 16.4. The summed E-state index contributed by atoms with van der Waals surface area (Å²) in [6.45, 7) is 0. The lowest BCUT2D eigenvalue weighted by Gasteiger charge is -2.28. The number of benzene rings is 3. The fourth-order valence-corrected chi connectivity index (χ4v) is 5.38. The van der Waals surface area contributed by atoms with Gasteiger partial charge in [-0.15, -0.1) is 0 Å². The van der Waals surface area contributed by atoms with Crippen molar-refractivity contribution >= 4 is 17.3 Å². The topological polar surface area (TPSA) is 54.4 Å². The molecule has 33 heavy (non-hydrogen) atoms. The first kappa shape index (κ1) is 21.4. The van der Waals surface area contributed by atoms with Crippen molar-refractivity contribution in [3.8, 4) is 11.1 Å². The molecule has 0 radical (unpaired) electrons. The number of carbonyl (C=O) groups excluding carboxylic acids is 1. The van der Waals surface area contributed by atoms with Crippen molar-refractivity contribution in [1.29, 1.82) is 0 Å². The number of carboxylic acids is 1. The van der Waals surface area contributed by atoms with Gasteiger partial charge in [0.1, 0.15) is 0 Å². The van der Waals surface area contributed by atoms with Gasteiger partial charge in [0.05, 0.1) is 0 Å². The van der Waals surface area contributed by atoms with E-state index in [2.05, 4.69) is 42.5 Å². The van der Waals surface area contributed by atoms with E-state index in [0.29, 0.717) is 18.3 Å². The lowest BCUT2D eigenvalue weighted by molar-refractivity contribution is -0.138. The van der Waals surface area contributed by atoms with Crippen LogP contribution in [0.1, 0.15) is 65.1 Å². The van der Waals surface area contributed by atoms with Crippen LogP contribution in [-0.2, 0) is 11.2 Å². The minimum Gasteiger partial charge on any atom is -0.481 e. The van der Waals surface area contributed by atoms with Gasteiger partial charge in [0.2, 0.25) is 0 Å². The van der Waals surface area contributed by atoms with Crippen LogP contribution in [0.15, 0.2) is 78.9 Å². The third kappa shape index (κ3) is 4.54. The molecular weight excluding hydrogens is 408 g/mol. The van der Waals surface area contributed by atoms with Crippen LogP contribution < -0.4 is 0 Å². The number of fused-ring (bicyclic) bond motifs is 1. The highest BCUT2D eigenvalue weighted by Gasteiger charge is 2.24. The van der Waals surface area contributed by atoms with E-state index in [9.17, 15) is 9.59 Å². The Bertz CT molecular complexity index is 1200. The zero-order valence-electron chi connectivity index (χ0n) is 18.7. The Morgan fingerprint density at radius 1 is 0.818 bits per heavy atom. The Balaban J connectivity index is 1.28. The van der Waals surface area contributed by atoms with Gasteiger partial charge >= 0.3 is 5.97 Å². The van der Waals surface area contributed by atoms with Crippen LogP contribution in [0, 0.1) is 5.92 Å². The minimum absolute atomic E-state index is 0.0875. The number of hydrogen-bond acceptors (Lipinski definition) is 2.